The highest BCUT2D eigenvalue weighted by atomic mass is 35.5. The molecule has 0 saturated carbocycles. The maximum atomic E-state index is 12.0. The molecule has 0 atom stereocenters. The number of hydrogen-bond donors (Lipinski definition) is 0. The largest absolute Gasteiger partial charge is 0.382 e. The van der Waals surface area contributed by atoms with Crippen LogP contribution < -0.4 is 0 Å². The van der Waals surface area contributed by atoms with E-state index >= 15 is 0 Å². The zero-order chi connectivity index (χ0) is 15.0. The Morgan fingerprint density at radius 1 is 1.05 bits per heavy atom. The van der Waals surface area contributed by atoms with Crippen LogP contribution in [0.25, 0.3) is 0 Å². The van der Waals surface area contributed by atoms with Crippen LogP contribution in [0.3, 0.4) is 0 Å². The van der Waals surface area contributed by atoms with Crippen LogP contribution in [0.5, 0.6) is 0 Å². The number of pyridine rings is 1. The number of rotatable bonds is 2. The molecular weight excluding hydrogens is 296 g/mol. The second-order valence-corrected chi connectivity index (χ2v) is 4.63. The molecule has 0 unspecified atom stereocenters. The number of carbonyl (C=O) groups is 3. The van der Waals surface area contributed by atoms with Crippen LogP contribution in [0.4, 0.5) is 0 Å². The first-order valence-corrected chi connectivity index (χ1v) is 6.27. The van der Waals surface area contributed by atoms with E-state index < -0.39 is 17.8 Å². The zero-order valence-electron chi connectivity index (χ0n) is 10.4. The summed E-state index contributed by atoms with van der Waals surface area (Å²) in [5, 5.41) is 0.788. The molecule has 104 valence electrons. The molecule has 1 aromatic heterocycles. The van der Waals surface area contributed by atoms with Crippen molar-refractivity contribution >= 4 is 29.4 Å². The second kappa shape index (κ2) is 4.99. The zero-order valence-corrected chi connectivity index (χ0v) is 11.2. The normalized spacial score (nSPS) is 13.3. The van der Waals surface area contributed by atoms with E-state index in [1.165, 1.54) is 30.5 Å². The van der Waals surface area contributed by atoms with Gasteiger partial charge in [0, 0.05) is 6.20 Å². The van der Waals surface area contributed by atoms with Gasteiger partial charge in [-0.25, -0.2) is 9.78 Å². The molecule has 0 bridgehead atoms. The lowest BCUT2D eigenvalue weighted by Crippen LogP contribution is -2.32. The predicted molar refractivity (Wildman–Crippen MR) is 71.6 cm³/mol. The third-order valence-electron chi connectivity index (χ3n) is 2.87. The number of carbonyl (C=O) groups excluding carboxylic acids is 3. The third-order valence-corrected chi connectivity index (χ3v) is 3.09. The summed E-state index contributed by atoms with van der Waals surface area (Å²) in [6.07, 6.45) is 1.26. The van der Waals surface area contributed by atoms with Gasteiger partial charge >= 0.3 is 5.97 Å². The number of nitrogens with zero attached hydrogens (tertiary/aromatic N) is 2. The third kappa shape index (κ3) is 2.25. The van der Waals surface area contributed by atoms with Crippen molar-refractivity contribution in [1.82, 2.24) is 10.0 Å². The van der Waals surface area contributed by atoms with E-state index in [1.54, 1.807) is 12.1 Å². The van der Waals surface area contributed by atoms with Crippen molar-refractivity contribution in [2.75, 3.05) is 0 Å². The van der Waals surface area contributed by atoms with Crippen molar-refractivity contribution in [1.29, 1.82) is 0 Å². The fourth-order valence-electron chi connectivity index (χ4n) is 1.88. The Morgan fingerprint density at radius 2 is 1.67 bits per heavy atom. The number of fused-ring (bicyclic) bond motifs is 1. The highest BCUT2D eigenvalue weighted by molar-refractivity contribution is 6.30. The summed E-state index contributed by atoms with van der Waals surface area (Å²) < 4.78 is 0. The number of halogens is 1. The first kappa shape index (κ1) is 13.3. The van der Waals surface area contributed by atoms with E-state index in [-0.39, 0.29) is 16.8 Å². The van der Waals surface area contributed by atoms with Crippen LogP contribution in [0, 0.1) is 0 Å². The number of benzene rings is 1. The average molecular weight is 303 g/mol. The van der Waals surface area contributed by atoms with Crippen LogP contribution in [0.1, 0.15) is 31.2 Å². The van der Waals surface area contributed by atoms with Crippen LogP contribution in [0.15, 0.2) is 42.6 Å². The van der Waals surface area contributed by atoms with Crippen molar-refractivity contribution in [2.24, 2.45) is 0 Å². The first-order valence-electron chi connectivity index (χ1n) is 5.89. The average Bonchev–Trinajstić information content (AvgIpc) is 2.73. The SMILES string of the molecule is O=C(ON1C(=O)c2ccccc2C1=O)c1ccc(Cl)cn1. The molecule has 2 amide bonds. The van der Waals surface area contributed by atoms with Gasteiger partial charge in [-0.1, -0.05) is 28.8 Å². The molecule has 21 heavy (non-hydrogen) atoms. The second-order valence-electron chi connectivity index (χ2n) is 4.19. The molecule has 2 aromatic rings. The number of aromatic nitrogens is 1. The first-order chi connectivity index (χ1) is 10.1. The van der Waals surface area contributed by atoms with Crippen LogP contribution in [-0.2, 0) is 4.84 Å². The Hall–Kier alpha value is -2.73. The van der Waals surface area contributed by atoms with Gasteiger partial charge in [0.05, 0.1) is 16.1 Å². The minimum Gasteiger partial charge on any atom is -0.323 e. The Bertz CT molecular complexity index is 723. The van der Waals surface area contributed by atoms with Gasteiger partial charge in [0.15, 0.2) is 5.69 Å². The number of imide groups is 1. The van der Waals surface area contributed by atoms with Gasteiger partial charge in [0.25, 0.3) is 11.8 Å². The summed E-state index contributed by atoms with van der Waals surface area (Å²) >= 11 is 5.66. The predicted octanol–water partition coefficient (Wildman–Crippen LogP) is 2.10. The molecule has 1 aliphatic heterocycles. The molecule has 0 spiro atoms. The lowest BCUT2D eigenvalue weighted by Gasteiger charge is -2.12. The molecule has 0 radical (unpaired) electrons. The summed E-state index contributed by atoms with van der Waals surface area (Å²) in [7, 11) is 0. The molecule has 6 nitrogen and oxygen atoms in total. The molecule has 0 N–H and O–H groups in total. The molecule has 0 fully saturated rings. The summed E-state index contributed by atoms with van der Waals surface area (Å²) in [6, 6.07) is 9.01. The summed E-state index contributed by atoms with van der Waals surface area (Å²) in [4.78, 5) is 44.5. The minimum absolute atomic E-state index is 0.0593. The lowest BCUT2D eigenvalue weighted by molar-refractivity contribution is -0.0588. The molecule has 1 aliphatic rings. The van der Waals surface area contributed by atoms with Crippen LogP contribution in [0.2, 0.25) is 5.02 Å². The number of hydroxylamine groups is 2. The van der Waals surface area contributed by atoms with Gasteiger partial charge in [-0.15, -0.1) is 0 Å². The molecule has 2 heterocycles. The summed E-state index contributed by atoms with van der Waals surface area (Å²) in [5.74, 6) is -2.28. The standard InChI is InChI=1S/C14H7ClN2O4/c15-8-5-6-11(16-7-8)14(20)21-17-12(18)9-3-1-2-4-10(9)13(17)19/h1-7H. The van der Waals surface area contributed by atoms with Gasteiger partial charge < -0.3 is 4.84 Å². The lowest BCUT2D eigenvalue weighted by atomic mass is 10.1. The molecule has 7 heteroatoms. The fourth-order valence-corrected chi connectivity index (χ4v) is 1.99. The van der Waals surface area contributed by atoms with E-state index in [4.69, 9.17) is 16.4 Å². The summed E-state index contributed by atoms with van der Waals surface area (Å²) in [6.45, 7) is 0. The molecule has 0 aliphatic carbocycles. The minimum atomic E-state index is -0.916. The van der Waals surface area contributed by atoms with Crippen molar-refractivity contribution in [3.63, 3.8) is 0 Å². The van der Waals surface area contributed by atoms with Crippen molar-refractivity contribution in [3.05, 3.63) is 64.4 Å². The number of amides is 2. The van der Waals surface area contributed by atoms with E-state index in [1.807, 2.05) is 0 Å². The molecule has 1 aromatic carbocycles. The Morgan fingerprint density at radius 3 is 2.19 bits per heavy atom. The van der Waals surface area contributed by atoms with Crippen molar-refractivity contribution in [2.45, 2.75) is 0 Å². The monoisotopic (exact) mass is 302 g/mol. The van der Waals surface area contributed by atoms with E-state index in [0.29, 0.717) is 10.1 Å². The van der Waals surface area contributed by atoms with Crippen LogP contribution >= 0.6 is 11.6 Å². The van der Waals surface area contributed by atoms with Gasteiger partial charge in [0.1, 0.15) is 0 Å². The smallest absolute Gasteiger partial charge is 0.323 e. The van der Waals surface area contributed by atoms with Crippen LogP contribution in [-0.4, -0.2) is 27.8 Å². The highest BCUT2D eigenvalue weighted by Gasteiger charge is 2.38. The van der Waals surface area contributed by atoms with Crippen molar-refractivity contribution in [3.8, 4) is 0 Å². The van der Waals surface area contributed by atoms with Crippen molar-refractivity contribution < 1.29 is 19.2 Å². The Kier molecular flexibility index (Phi) is 3.15. The molecule has 3 rings (SSSR count). The van der Waals surface area contributed by atoms with E-state index in [0.717, 1.165) is 0 Å². The summed E-state index contributed by atoms with van der Waals surface area (Å²) in [5.41, 5.74) is 0.328. The van der Waals surface area contributed by atoms with Gasteiger partial charge in [-0.2, -0.15) is 0 Å². The maximum absolute atomic E-state index is 12.0. The topological polar surface area (TPSA) is 76.6 Å². The fraction of sp³-hybridized carbons (Fsp3) is 0. The maximum Gasteiger partial charge on any atom is 0.382 e. The van der Waals surface area contributed by atoms with E-state index in [9.17, 15) is 14.4 Å². The van der Waals surface area contributed by atoms with Gasteiger partial charge in [-0.05, 0) is 24.3 Å². The highest BCUT2D eigenvalue weighted by Crippen LogP contribution is 2.23. The van der Waals surface area contributed by atoms with Gasteiger partial charge in [0.2, 0.25) is 0 Å². The molecule has 0 saturated heterocycles. The number of hydrogen-bond acceptors (Lipinski definition) is 5. The Balaban J connectivity index is 1.84. The van der Waals surface area contributed by atoms with Gasteiger partial charge in [-0.3, -0.25) is 9.59 Å². The Labute approximate surface area is 123 Å². The quantitative estimate of drug-likeness (QED) is 0.794. The van der Waals surface area contributed by atoms with E-state index in [2.05, 4.69) is 4.98 Å². The molecular formula is C14H7ClN2O4.